The van der Waals surface area contributed by atoms with Gasteiger partial charge in [-0.05, 0) is 69.7 Å². The highest BCUT2D eigenvalue weighted by atomic mass is 32.1. The van der Waals surface area contributed by atoms with Crippen molar-refractivity contribution < 1.29 is 0 Å². The van der Waals surface area contributed by atoms with Crippen LogP contribution in [0.1, 0.15) is 24.1 Å². The summed E-state index contributed by atoms with van der Waals surface area (Å²) >= 11 is 1.89. The first-order valence-corrected chi connectivity index (χ1v) is 7.66. The summed E-state index contributed by atoms with van der Waals surface area (Å²) < 4.78 is 0. The second kappa shape index (κ2) is 7.14. The van der Waals surface area contributed by atoms with Crippen molar-refractivity contribution in [2.75, 3.05) is 33.2 Å². The highest BCUT2D eigenvalue weighted by Crippen LogP contribution is 2.17. The van der Waals surface area contributed by atoms with E-state index in [1.165, 1.54) is 56.7 Å². The molecule has 1 aromatic rings. The Labute approximate surface area is 109 Å². The van der Waals surface area contributed by atoms with Crippen LogP contribution in [0.15, 0.2) is 17.5 Å². The second-order valence-corrected chi connectivity index (χ2v) is 6.08. The second-order valence-electron chi connectivity index (χ2n) is 5.05. The minimum atomic E-state index is 0.871. The van der Waals surface area contributed by atoms with Crippen molar-refractivity contribution in [3.63, 3.8) is 0 Å². The number of thiophene rings is 1. The topological polar surface area (TPSA) is 15.3 Å². The number of rotatable bonds is 6. The number of hydrogen-bond donors (Lipinski definition) is 1. The minimum Gasteiger partial charge on any atom is -0.319 e. The van der Waals surface area contributed by atoms with Crippen molar-refractivity contribution in [1.82, 2.24) is 10.2 Å². The summed E-state index contributed by atoms with van der Waals surface area (Å²) in [4.78, 5) is 4.19. The molecular formula is C14H24N2S. The Kier molecular flexibility index (Phi) is 5.49. The third-order valence-electron chi connectivity index (χ3n) is 3.57. The van der Waals surface area contributed by atoms with Crippen LogP contribution in [-0.4, -0.2) is 38.1 Å². The maximum atomic E-state index is 3.31. The Morgan fingerprint density at radius 3 is 3.24 bits per heavy atom. The van der Waals surface area contributed by atoms with E-state index in [4.69, 9.17) is 0 Å². The van der Waals surface area contributed by atoms with E-state index in [1.54, 1.807) is 0 Å². The highest BCUT2D eigenvalue weighted by molar-refractivity contribution is 7.09. The number of hydrogen-bond acceptors (Lipinski definition) is 3. The molecule has 0 aliphatic carbocycles. The van der Waals surface area contributed by atoms with E-state index in [-0.39, 0.29) is 0 Å². The van der Waals surface area contributed by atoms with Gasteiger partial charge in [0.15, 0.2) is 0 Å². The molecule has 0 saturated carbocycles. The van der Waals surface area contributed by atoms with Crippen molar-refractivity contribution >= 4 is 11.3 Å². The Bertz CT molecular complexity index is 295. The first kappa shape index (κ1) is 13.1. The van der Waals surface area contributed by atoms with Crippen LogP contribution >= 0.6 is 11.3 Å². The molecule has 1 aromatic heterocycles. The number of piperidine rings is 1. The van der Waals surface area contributed by atoms with Gasteiger partial charge in [-0.3, -0.25) is 0 Å². The van der Waals surface area contributed by atoms with Crippen molar-refractivity contribution in [1.29, 1.82) is 0 Å². The van der Waals surface area contributed by atoms with Gasteiger partial charge in [-0.25, -0.2) is 0 Å². The zero-order valence-electron chi connectivity index (χ0n) is 10.8. The molecule has 1 fully saturated rings. The molecule has 1 atom stereocenters. The fourth-order valence-corrected chi connectivity index (χ4v) is 3.49. The van der Waals surface area contributed by atoms with E-state index < -0.39 is 0 Å². The molecule has 0 radical (unpaired) electrons. The lowest BCUT2D eigenvalue weighted by molar-refractivity contribution is 0.172. The third-order valence-corrected chi connectivity index (χ3v) is 4.51. The van der Waals surface area contributed by atoms with Crippen LogP contribution < -0.4 is 5.32 Å². The van der Waals surface area contributed by atoms with E-state index in [0.717, 1.165) is 5.92 Å². The predicted molar refractivity (Wildman–Crippen MR) is 75.7 cm³/mol. The van der Waals surface area contributed by atoms with Gasteiger partial charge in [0.2, 0.25) is 0 Å². The van der Waals surface area contributed by atoms with Crippen molar-refractivity contribution in [2.24, 2.45) is 5.92 Å². The standard InChI is InChI=1S/C14H24N2S/c1-15-11-13-5-2-8-16(12-13)9-3-6-14-7-4-10-17-14/h4,7,10,13,15H,2-3,5-6,8-9,11-12H2,1H3. The number of aryl methyl sites for hydroxylation is 1. The average Bonchev–Trinajstić information content (AvgIpc) is 2.83. The molecule has 96 valence electrons. The Morgan fingerprint density at radius 2 is 2.47 bits per heavy atom. The molecular weight excluding hydrogens is 228 g/mol. The van der Waals surface area contributed by atoms with E-state index in [0.29, 0.717) is 0 Å². The minimum absolute atomic E-state index is 0.871. The number of nitrogens with zero attached hydrogens (tertiary/aromatic N) is 1. The van der Waals surface area contributed by atoms with Crippen LogP contribution in [0.3, 0.4) is 0 Å². The normalized spacial score (nSPS) is 21.8. The van der Waals surface area contributed by atoms with Gasteiger partial charge >= 0.3 is 0 Å². The van der Waals surface area contributed by atoms with Gasteiger partial charge in [-0.15, -0.1) is 11.3 Å². The quantitative estimate of drug-likeness (QED) is 0.837. The lowest BCUT2D eigenvalue weighted by Gasteiger charge is -2.32. The Balaban J connectivity index is 1.65. The molecule has 0 spiro atoms. The maximum Gasteiger partial charge on any atom is 0.00457 e. The Morgan fingerprint density at radius 1 is 1.53 bits per heavy atom. The van der Waals surface area contributed by atoms with Gasteiger partial charge in [0, 0.05) is 11.4 Å². The summed E-state index contributed by atoms with van der Waals surface area (Å²) in [6.45, 7) is 5.06. The van der Waals surface area contributed by atoms with Gasteiger partial charge in [0.1, 0.15) is 0 Å². The lowest BCUT2D eigenvalue weighted by atomic mass is 9.98. The van der Waals surface area contributed by atoms with Gasteiger partial charge in [-0.1, -0.05) is 6.07 Å². The largest absolute Gasteiger partial charge is 0.319 e. The number of likely N-dealkylation sites (tertiary alicyclic amines) is 1. The molecule has 2 nitrogen and oxygen atoms in total. The van der Waals surface area contributed by atoms with Crippen LogP contribution in [-0.2, 0) is 6.42 Å². The fraction of sp³-hybridized carbons (Fsp3) is 0.714. The van der Waals surface area contributed by atoms with Gasteiger partial charge < -0.3 is 10.2 Å². The summed E-state index contributed by atoms with van der Waals surface area (Å²) in [6.07, 6.45) is 5.35. The highest BCUT2D eigenvalue weighted by Gasteiger charge is 2.18. The monoisotopic (exact) mass is 252 g/mol. The SMILES string of the molecule is CNCC1CCCN(CCCc2cccs2)C1. The van der Waals surface area contributed by atoms with Crippen LogP contribution in [0.2, 0.25) is 0 Å². The average molecular weight is 252 g/mol. The first-order chi connectivity index (χ1) is 8.38. The van der Waals surface area contributed by atoms with E-state index in [9.17, 15) is 0 Å². The molecule has 1 N–H and O–H groups in total. The summed E-state index contributed by atoms with van der Waals surface area (Å²) in [5, 5.41) is 5.49. The fourth-order valence-electron chi connectivity index (χ4n) is 2.74. The number of nitrogens with one attached hydrogen (secondary N) is 1. The van der Waals surface area contributed by atoms with E-state index >= 15 is 0 Å². The molecule has 1 unspecified atom stereocenters. The maximum absolute atomic E-state index is 3.31. The molecule has 2 heterocycles. The molecule has 3 heteroatoms. The molecule has 1 aliphatic rings. The third kappa shape index (κ3) is 4.41. The van der Waals surface area contributed by atoms with Crippen LogP contribution in [0.5, 0.6) is 0 Å². The lowest BCUT2D eigenvalue weighted by Crippen LogP contribution is -2.39. The molecule has 0 amide bonds. The van der Waals surface area contributed by atoms with Crippen LogP contribution in [0, 0.1) is 5.92 Å². The Hall–Kier alpha value is -0.380. The van der Waals surface area contributed by atoms with E-state index in [2.05, 4.69) is 34.8 Å². The predicted octanol–water partition coefficient (Wildman–Crippen LogP) is 2.61. The van der Waals surface area contributed by atoms with Crippen LogP contribution in [0.4, 0.5) is 0 Å². The molecule has 0 aromatic carbocycles. The van der Waals surface area contributed by atoms with Gasteiger partial charge in [0.25, 0.3) is 0 Å². The molecule has 17 heavy (non-hydrogen) atoms. The first-order valence-electron chi connectivity index (χ1n) is 6.78. The van der Waals surface area contributed by atoms with Crippen LogP contribution in [0.25, 0.3) is 0 Å². The van der Waals surface area contributed by atoms with Crippen molar-refractivity contribution in [2.45, 2.75) is 25.7 Å². The summed E-state index contributed by atoms with van der Waals surface area (Å²) in [7, 11) is 2.07. The van der Waals surface area contributed by atoms with Gasteiger partial charge in [-0.2, -0.15) is 0 Å². The molecule has 0 bridgehead atoms. The summed E-state index contributed by atoms with van der Waals surface area (Å²) in [6, 6.07) is 4.41. The zero-order valence-corrected chi connectivity index (χ0v) is 11.6. The smallest absolute Gasteiger partial charge is 0.00457 e. The van der Waals surface area contributed by atoms with Crippen molar-refractivity contribution in [3.8, 4) is 0 Å². The summed E-state index contributed by atoms with van der Waals surface area (Å²) in [5.41, 5.74) is 0. The zero-order chi connectivity index (χ0) is 11.9. The van der Waals surface area contributed by atoms with E-state index in [1.807, 2.05) is 11.3 Å². The molecule has 2 rings (SSSR count). The molecule has 1 aliphatic heterocycles. The molecule has 1 saturated heterocycles. The van der Waals surface area contributed by atoms with Gasteiger partial charge in [0.05, 0.1) is 0 Å². The summed E-state index contributed by atoms with van der Waals surface area (Å²) in [5.74, 6) is 0.871. The van der Waals surface area contributed by atoms with Crippen molar-refractivity contribution in [3.05, 3.63) is 22.4 Å².